The maximum Gasteiger partial charge on any atom is 0.416 e. The molecule has 1 N–H and O–H groups in total. The molecule has 0 aliphatic carbocycles. The Kier molecular flexibility index (Phi) is 4.97. The fourth-order valence-corrected chi connectivity index (χ4v) is 4.00. The topological polar surface area (TPSA) is 81.4 Å². The van der Waals surface area contributed by atoms with Crippen molar-refractivity contribution in [2.75, 3.05) is 18.0 Å². The zero-order valence-corrected chi connectivity index (χ0v) is 16.5. The van der Waals surface area contributed by atoms with E-state index in [4.69, 9.17) is 11.6 Å². The third-order valence-corrected chi connectivity index (χ3v) is 5.62. The first kappa shape index (κ1) is 20.3. The Morgan fingerprint density at radius 3 is 2.73 bits per heavy atom. The Labute approximate surface area is 173 Å². The number of azo groups is 2. The molecular weight excluding hydrogens is 423 g/mol. The number of carbonyl (C=O) groups is 1. The van der Waals surface area contributed by atoms with E-state index in [1.54, 1.807) is 11.8 Å². The van der Waals surface area contributed by atoms with Gasteiger partial charge < -0.3 is 4.90 Å². The minimum Gasteiger partial charge on any atom is -0.363 e. The Balaban J connectivity index is 1.67. The molecule has 0 unspecified atom stereocenters. The van der Waals surface area contributed by atoms with Crippen LogP contribution in [0.1, 0.15) is 30.5 Å². The Hall–Kier alpha value is -3.01. The SMILES string of the molecule is C[C@@H](c1ccccc1C(F)(F)F)[N+]1=NC(=O)C2=C1CCN(c1cn[nH]c(=O)c1Cl)C2. The summed E-state index contributed by atoms with van der Waals surface area (Å²) in [5.41, 5.74) is 0.0697. The van der Waals surface area contributed by atoms with E-state index in [2.05, 4.69) is 15.3 Å². The first-order valence-corrected chi connectivity index (χ1v) is 9.47. The average molecular weight is 439 g/mol. The molecule has 3 heterocycles. The number of anilines is 1. The zero-order chi connectivity index (χ0) is 21.6. The second-order valence-electron chi connectivity index (χ2n) is 7.01. The predicted octanol–water partition coefficient (Wildman–Crippen LogP) is 3.67. The van der Waals surface area contributed by atoms with Crippen molar-refractivity contribution in [2.24, 2.45) is 5.11 Å². The van der Waals surface area contributed by atoms with Gasteiger partial charge in [-0.15, -0.1) is 0 Å². The van der Waals surface area contributed by atoms with Crippen LogP contribution in [0.2, 0.25) is 5.02 Å². The van der Waals surface area contributed by atoms with Gasteiger partial charge in [-0.3, -0.25) is 9.59 Å². The molecular formula is C19H16ClF3N5O2+. The molecule has 0 radical (unpaired) electrons. The van der Waals surface area contributed by atoms with Gasteiger partial charge in [-0.1, -0.05) is 34.5 Å². The number of carbonyl (C=O) groups excluding carboxylic acids is 1. The maximum absolute atomic E-state index is 13.4. The van der Waals surface area contributed by atoms with Crippen LogP contribution in [0, 0.1) is 0 Å². The van der Waals surface area contributed by atoms with E-state index < -0.39 is 29.2 Å². The van der Waals surface area contributed by atoms with Crippen molar-refractivity contribution < 1.29 is 22.7 Å². The van der Waals surface area contributed by atoms with E-state index in [9.17, 15) is 22.8 Å². The molecule has 30 heavy (non-hydrogen) atoms. The number of rotatable bonds is 3. The highest BCUT2D eigenvalue weighted by atomic mass is 35.5. The highest BCUT2D eigenvalue weighted by molar-refractivity contribution is 6.33. The van der Waals surface area contributed by atoms with E-state index >= 15 is 0 Å². The molecule has 2 aliphatic rings. The minimum absolute atomic E-state index is 0.0410. The molecule has 1 aromatic heterocycles. The Bertz CT molecular complexity index is 1160. The van der Waals surface area contributed by atoms with Gasteiger partial charge in [0.05, 0.1) is 30.4 Å². The fourth-order valence-electron chi connectivity index (χ4n) is 3.79. The lowest BCUT2D eigenvalue weighted by molar-refractivity contribution is -0.581. The van der Waals surface area contributed by atoms with Crippen molar-refractivity contribution in [3.63, 3.8) is 0 Å². The van der Waals surface area contributed by atoms with Crippen molar-refractivity contribution in [3.8, 4) is 0 Å². The molecule has 1 atom stereocenters. The van der Waals surface area contributed by atoms with E-state index in [1.807, 2.05) is 0 Å². The van der Waals surface area contributed by atoms with E-state index in [-0.39, 0.29) is 17.1 Å². The molecule has 1 aromatic carbocycles. The number of aromatic amines is 1. The molecule has 156 valence electrons. The smallest absolute Gasteiger partial charge is 0.363 e. The monoisotopic (exact) mass is 438 g/mol. The molecule has 0 saturated carbocycles. The summed E-state index contributed by atoms with van der Waals surface area (Å²) in [6.45, 7) is 2.12. The molecule has 0 bridgehead atoms. The van der Waals surface area contributed by atoms with Crippen molar-refractivity contribution in [2.45, 2.75) is 25.6 Å². The summed E-state index contributed by atoms with van der Waals surface area (Å²) in [4.78, 5) is 26.0. The largest absolute Gasteiger partial charge is 0.416 e. The molecule has 4 rings (SSSR count). The van der Waals surface area contributed by atoms with Crippen LogP contribution in [0.15, 0.2) is 51.6 Å². The number of halogens is 4. The van der Waals surface area contributed by atoms with Gasteiger partial charge in [0, 0.05) is 24.1 Å². The molecule has 7 nitrogen and oxygen atoms in total. The van der Waals surface area contributed by atoms with E-state index in [1.165, 1.54) is 29.1 Å². The summed E-state index contributed by atoms with van der Waals surface area (Å²) in [5, 5.41) is 9.93. The summed E-state index contributed by atoms with van der Waals surface area (Å²) in [6, 6.07) is 4.48. The summed E-state index contributed by atoms with van der Waals surface area (Å²) < 4.78 is 41.7. The van der Waals surface area contributed by atoms with E-state index in [0.29, 0.717) is 29.9 Å². The van der Waals surface area contributed by atoms with Crippen LogP contribution < -0.4 is 10.5 Å². The normalized spacial score (nSPS) is 17.8. The lowest BCUT2D eigenvalue weighted by atomic mass is 9.99. The number of hydrogen-bond donors (Lipinski definition) is 1. The molecule has 0 saturated heterocycles. The number of hydrogen-bond acceptors (Lipinski definition) is 4. The van der Waals surface area contributed by atoms with Crippen LogP contribution in [0.5, 0.6) is 0 Å². The van der Waals surface area contributed by atoms with Crippen LogP contribution in [-0.2, 0) is 11.0 Å². The van der Waals surface area contributed by atoms with E-state index in [0.717, 1.165) is 6.07 Å². The highest BCUT2D eigenvalue weighted by Crippen LogP contribution is 2.39. The minimum atomic E-state index is -4.51. The molecule has 0 fully saturated rings. The van der Waals surface area contributed by atoms with Gasteiger partial charge in [-0.25, -0.2) is 5.10 Å². The lowest BCUT2D eigenvalue weighted by Gasteiger charge is -2.27. The zero-order valence-electron chi connectivity index (χ0n) is 15.7. The fraction of sp³-hybridized carbons (Fsp3) is 0.316. The number of alkyl halides is 3. The number of aromatic nitrogens is 2. The standard InChI is InChI=1S/C19H15ClF3N5O2/c1-10(11-4-2-3-5-13(11)19(21,22)23)28-14-6-7-27(9-12(14)17(29)26-28)15-8-24-25-18(30)16(15)20/h2-5,8,10H,6-7,9H2,1H3/p+1/t10-/m0/s1. The maximum atomic E-state index is 13.4. The molecule has 1 amide bonds. The Morgan fingerprint density at radius 1 is 1.27 bits per heavy atom. The van der Waals surface area contributed by atoms with Gasteiger partial charge in [0.25, 0.3) is 5.56 Å². The third kappa shape index (κ3) is 3.41. The van der Waals surface area contributed by atoms with Gasteiger partial charge in [0.1, 0.15) is 10.6 Å². The molecule has 2 aromatic rings. The first-order valence-electron chi connectivity index (χ1n) is 9.10. The third-order valence-electron chi connectivity index (χ3n) is 5.25. The second kappa shape index (κ2) is 7.35. The van der Waals surface area contributed by atoms with Gasteiger partial charge in [-0.2, -0.15) is 18.3 Å². The number of nitrogens with zero attached hydrogens (tertiary/aromatic N) is 4. The lowest BCUT2D eigenvalue weighted by Crippen LogP contribution is -2.35. The van der Waals surface area contributed by atoms with Crippen LogP contribution in [0.4, 0.5) is 18.9 Å². The molecule has 0 spiro atoms. The summed E-state index contributed by atoms with van der Waals surface area (Å²) in [5.74, 6) is -0.514. The summed E-state index contributed by atoms with van der Waals surface area (Å²) >= 11 is 6.06. The van der Waals surface area contributed by atoms with Crippen LogP contribution in [0.25, 0.3) is 0 Å². The molecule has 2 aliphatic heterocycles. The van der Waals surface area contributed by atoms with Gasteiger partial charge >= 0.3 is 12.1 Å². The molecule has 11 heteroatoms. The quantitative estimate of drug-likeness (QED) is 0.741. The summed E-state index contributed by atoms with van der Waals surface area (Å²) in [7, 11) is 0. The van der Waals surface area contributed by atoms with Crippen molar-refractivity contribution in [1.29, 1.82) is 0 Å². The highest BCUT2D eigenvalue weighted by Gasteiger charge is 2.44. The van der Waals surface area contributed by atoms with Crippen LogP contribution in [-0.4, -0.2) is 33.9 Å². The van der Waals surface area contributed by atoms with Crippen LogP contribution >= 0.6 is 11.6 Å². The predicted molar refractivity (Wildman–Crippen MR) is 101 cm³/mol. The van der Waals surface area contributed by atoms with Crippen LogP contribution in [0.3, 0.4) is 0 Å². The first-order chi connectivity index (χ1) is 14.2. The second-order valence-corrected chi connectivity index (χ2v) is 7.38. The number of nitrogens with one attached hydrogen (secondary N) is 1. The number of benzene rings is 1. The number of H-pyrrole nitrogens is 1. The summed E-state index contributed by atoms with van der Waals surface area (Å²) in [6.07, 6.45) is -2.77. The van der Waals surface area contributed by atoms with Crippen molar-refractivity contribution >= 4 is 23.2 Å². The Morgan fingerprint density at radius 2 is 2.00 bits per heavy atom. The van der Waals surface area contributed by atoms with Gasteiger partial charge in [0.15, 0.2) is 0 Å². The van der Waals surface area contributed by atoms with Gasteiger partial charge in [0.2, 0.25) is 11.7 Å². The van der Waals surface area contributed by atoms with Gasteiger partial charge in [-0.05, 0) is 6.07 Å². The van der Waals surface area contributed by atoms with Crippen molar-refractivity contribution in [1.82, 2.24) is 10.2 Å². The van der Waals surface area contributed by atoms with Crippen molar-refractivity contribution in [3.05, 3.63) is 68.2 Å². The number of amides is 1. The average Bonchev–Trinajstić information content (AvgIpc) is 3.05.